The second-order valence-corrected chi connectivity index (χ2v) is 6.21. The topological polar surface area (TPSA) is 53.6 Å². The van der Waals surface area contributed by atoms with E-state index in [1.807, 2.05) is 0 Å². The Hall–Kier alpha value is -0.650. The molecule has 0 bridgehead atoms. The molecule has 0 aromatic carbocycles. The number of carbonyl (C=O) groups excluding carboxylic acids is 1. The standard InChI is InChI=1S/C14H27N3O2/c1-14(2)11-17(9-10-19-14)8-7-16-13(18)5-6-15-12-3-4-12/h12,15H,3-11H2,1-2H3,(H,16,18). The molecule has 1 saturated carbocycles. The predicted molar refractivity (Wildman–Crippen MR) is 75.1 cm³/mol. The number of carbonyl (C=O) groups is 1. The van der Waals surface area contributed by atoms with Crippen LogP contribution in [0.3, 0.4) is 0 Å². The van der Waals surface area contributed by atoms with Gasteiger partial charge in [-0.1, -0.05) is 0 Å². The van der Waals surface area contributed by atoms with Gasteiger partial charge in [0.2, 0.25) is 5.91 Å². The molecule has 19 heavy (non-hydrogen) atoms. The lowest BCUT2D eigenvalue weighted by molar-refractivity contribution is -0.121. The summed E-state index contributed by atoms with van der Waals surface area (Å²) >= 11 is 0. The van der Waals surface area contributed by atoms with Crippen LogP contribution in [0.2, 0.25) is 0 Å². The molecule has 0 atom stereocenters. The smallest absolute Gasteiger partial charge is 0.221 e. The van der Waals surface area contributed by atoms with Gasteiger partial charge in [-0.15, -0.1) is 0 Å². The summed E-state index contributed by atoms with van der Waals surface area (Å²) in [6.07, 6.45) is 3.13. The molecule has 5 heteroatoms. The van der Waals surface area contributed by atoms with Gasteiger partial charge in [-0.2, -0.15) is 0 Å². The zero-order chi connectivity index (χ0) is 13.7. The highest BCUT2D eigenvalue weighted by Gasteiger charge is 2.26. The Kier molecular flexibility index (Phi) is 5.19. The normalized spacial score (nSPS) is 23.3. The zero-order valence-electron chi connectivity index (χ0n) is 12.2. The summed E-state index contributed by atoms with van der Waals surface area (Å²) < 4.78 is 5.67. The minimum atomic E-state index is -0.0591. The average Bonchev–Trinajstić information content (AvgIpc) is 3.12. The van der Waals surface area contributed by atoms with E-state index in [2.05, 4.69) is 29.4 Å². The molecule has 0 aromatic rings. The summed E-state index contributed by atoms with van der Waals surface area (Å²) in [5.74, 6) is 0.153. The quantitative estimate of drug-likeness (QED) is 0.700. The summed E-state index contributed by atoms with van der Waals surface area (Å²) in [7, 11) is 0. The maximum Gasteiger partial charge on any atom is 0.221 e. The Morgan fingerprint density at radius 2 is 2.16 bits per heavy atom. The van der Waals surface area contributed by atoms with Gasteiger partial charge in [-0.3, -0.25) is 9.69 Å². The van der Waals surface area contributed by atoms with Crippen molar-refractivity contribution < 1.29 is 9.53 Å². The van der Waals surface area contributed by atoms with E-state index in [9.17, 15) is 4.79 Å². The predicted octanol–water partition coefficient (Wildman–Crippen LogP) is 0.356. The fraction of sp³-hybridized carbons (Fsp3) is 0.929. The number of hydrogen-bond acceptors (Lipinski definition) is 4. The SMILES string of the molecule is CC1(C)CN(CCNC(=O)CCNC2CC2)CCO1. The van der Waals surface area contributed by atoms with Gasteiger partial charge in [-0.25, -0.2) is 0 Å². The van der Waals surface area contributed by atoms with Crippen molar-refractivity contribution in [2.45, 2.75) is 44.8 Å². The third-order valence-corrected chi connectivity index (χ3v) is 3.62. The monoisotopic (exact) mass is 269 g/mol. The van der Waals surface area contributed by atoms with Crippen molar-refractivity contribution in [1.29, 1.82) is 0 Å². The second kappa shape index (κ2) is 6.68. The largest absolute Gasteiger partial charge is 0.373 e. The molecule has 1 heterocycles. The Morgan fingerprint density at radius 3 is 2.84 bits per heavy atom. The molecule has 2 aliphatic rings. The first-order valence-corrected chi connectivity index (χ1v) is 7.41. The van der Waals surface area contributed by atoms with Crippen molar-refractivity contribution in [1.82, 2.24) is 15.5 Å². The number of nitrogens with one attached hydrogen (secondary N) is 2. The molecule has 110 valence electrons. The molecular formula is C14H27N3O2. The van der Waals surface area contributed by atoms with Crippen LogP contribution < -0.4 is 10.6 Å². The van der Waals surface area contributed by atoms with Crippen LogP contribution in [0.5, 0.6) is 0 Å². The van der Waals surface area contributed by atoms with Crippen LogP contribution in [0.25, 0.3) is 0 Å². The van der Waals surface area contributed by atoms with Gasteiger partial charge in [0.1, 0.15) is 0 Å². The summed E-state index contributed by atoms with van der Waals surface area (Å²) in [5.41, 5.74) is -0.0591. The van der Waals surface area contributed by atoms with Crippen molar-refractivity contribution in [2.24, 2.45) is 0 Å². The molecule has 0 radical (unpaired) electrons. The van der Waals surface area contributed by atoms with Crippen LogP contribution in [0.1, 0.15) is 33.1 Å². The van der Waals surface area contributed by atoms with E-state index in [1.165, 1.54) is 12.8 Å². The fourth-order valence-corrected chi connectivity index (χ4v) is 2.42. The van der Waals surface area contributed by atoms with Crippen LogP contribution in [0.15, 0.2) is 0 Å². The lowest BCUT2D eigenvalue weighted by Gasteiger charge is -2.38. The molecule has 0 unspecified atom stereocenters. The van der Waals surface area contributed by atoms with Gasteiger partial charge < -0.3 is 15.4 Å². The third kappa shape index (κ3) is 5.89. The molecule has 0 aromatic heterocycles. The molecule has 2 rings (SSSR count). The molecular weight excluding hydrogens is 242 g/mol. The average molecular weight is 269 g/mol. The summed E-state index contributed by atoms with van der Waals surface area (Å²) in [6.45, 7) is 9.36. The van der Waals surface area contributed by atoms with Crippen molar-refractivity contribution in [3.63, 3.8) is 0 Å². The first kappa shape index (κ1) is 14.8. The van der Waals surface area contributed by atoms with E-state index < -0.39 is 0 Å². The first-order chi connectivity index (χ1) is 9.05. The molecule has 5 nitrogen and oxygen atoms in total. The molecule has 1 aliphatic carbocycles. The van der Waals surface area contributed by atoms with Gasteiger partial charge in [0.05, 0.1) is 12.2 Å². The van der Waals surface area contributed by atoms with Gasteiger partial charge >= 0.3 is 0 Å². The van der Waals surface area contributed by atoms with Crippen LogP contribution in [-0.4, -0.2) is 61.8 Å². The number of ether oxygens (including phenoxy) is 1. The number of amides is 1. The highest BCUT2D eigenvalue weighted by Crippen LogP contribution is 2.18. The van der Waals surface area contributed by atoms with Gasteiger partial charge in [0.25, 0.3) is 0 Å². The van der Waals surface area contributed by atoms with E-state index >= 15 is 0 Å². The van der Waals surface area contributed by atoms with Crippen LogP contribution in [-0.2, 0) is 9.53 Å². The Bertz CT molecular complexity index is 303. The van der Waals surface area contributed by atoms with E-state index in [4.69, 9.17) is 4.74 Å². The summed E-state index contributed by atoms with van der Waals surface area (Å²) in [6, 6.07) is 0.684. The summed E-state index contributed by atoms with van der Waals surface area (Å²) in [5, 5.41) is 6.34. The van der Waals surface area contributed by atoms with Crippen LogP contribution >= 0.6 is 0 Å². The second-order valence-electron chi connectivity index (χ2n) is 6.21. The molecule has 2 N–H and O–H groups in total. The van der Waals surface area contributed by atoms with Crippen LogP contribution in [0, 0.1) is 0 Å². The zero-order valence-corrected chi connectivity index (χ0v) is 12.2. The van der Waals surface area contributed by atoms with Crippen molar-refractivity contribution in [3.8, 4) is 0 Å². The minimum absolute atomic E-state index is 0.0591. The maximum absolute atomic E-state index is 11.6. The lowest BCUT2D eigenvalue weighted by Crippen LogP contribution is -2.50. The minimum Gasteiger partial charge on any atom is -0.373 e. The van der Waals surface area contributed by atoms with Crippen molar-refractivity contribution >= 4 is 5.91 Å². The van der Waals surface area contributed by atoms with E-state index in [0.29, 0.717) is 12.5 Å². The number of rotatable bonds is 7. The molecule has 1 saturated heterocycles. The first-order valence-electron chi connectivity index (χ1n) is 7.41. The van der Waals surface area contributed by atoms with E-state index in [1.54, 1.807) is 0 Å². The fourth-order valence-electron chi connectivity index (χ4n) is 2.42. The highest BCUT2D eigenvalue weighted by molar-refractivity contribution is 5.76. The van der Waals surface area contributed by atoms with Crippen molar-refractivity contribution in [3.05, 3.63) is 0 Å². The van der Waals surface area contributed by atoms with E-state index in [0.717, 1.165) is 39.3 Å². The molecule has 1 aliphatic heterocycles. The lowest BCUT2D eigenvalue weighted by atomic mass is 10.1. The van der Waals surface area contributed by atoms with Gasteiger partial charge in [0, 0.05) is 45.2 Å². The van der Waals surface area contributed by atoms with Crippen molar-refractivity contribution in [2.75, 3.05) is 39.3 Å². The molecule has 2 fully saturated rings. The van der Waals surface area contributed by atoms with E-state index in [-0.39, 0.29) is 11.5 Å². The number of hydrogen-bond donors (Lipinski definition) is 2. The number of morpholine rings is 1. The van der Waals surface area contributed by atoms with Gasteiger partial charge in [0.15, 0.2) is 0 Å². The van der Waals surface area contributed by atoms with Crippen LogP contribution in [0.4, 0.5) is 0 Å². The summed E-state index contributed by atoms with van der Waals surface area (Å²) in [4.78, 5) is 14.0. The third-order valence-electron chi connectivity index (χ3n) is 3.62. The maximum atomic E-state index is 11.6. The highest BCUT2D eigenvalue weighted by atomic mass is 16.5. The molecule has 1 amide bonds. The molecule has 0 spiro atoms. The Morgan fingerprint density at radius 1 is 1.37 bits per heavy atom. The van der Waals surface area contributed by atoms with Gasteiger partial charge in [-0.05, 0) is 26.7 Å². The Balaban J connectivity index is 1.51. The Labute approximate surface area is 116 Å². The number of nitrogens with zero attached hydrogens (tertiary/aromatic N) is 1.